The van der Waals surface area contributed by atoms with Crippen LogP contribution in [0, 0.1) is 0 Å². The Morgan fingerprint density at radius 3 is 2.64 bits per heavy atom. The maximum absolute atomic E-state index is 10.1. The van der Waals surface area contributed by atoms with Crippen molar-refractivity contribution in [1.29, 1.82) is 0 Å². The lowest BCUT2D eigenvalue weighted by Crippen LogP contribution is -1.99. The summed E-state index contributed by atoms with van der Waals surface area (Å²) in [5.41, 5.74) is 0. The van der Waals surface area contributed by atoms with Crippen molar-refractivity contribution in [3.63, 3.8) is 0 Å². The number of aliphatic hydroxyl groups is 1. The molecule has 0 heterocycles. The van der Waals surface area contributed by atoms with Gasteiger partial charge >= 0.3 is 5.97 Å². The third-order valence-corrected chi connectivity index (χ3v) is 1.48. The van der Waals surface area contributed by atoms with Gasteiger partial charge in [-0.1, -0.05) is 18.2 Å². The molecule has 4 heteroatoms. The van der Waals surface area contributed by atoms with E-state index in [4.69, 9.17) is 5.11 Å². The number of aldehydes is 1. The first kappa shape index (κ1) is 12.6. The lowest BCUT2D eigenvalue weighted by molar-refractivity contribution is -0.136. The molecule has 0 saturated carbocycles. The Morgan fingerprint density at radius 2 is 2.07 bits per heavy atom. The topological polar surface area (TPSA) is 74.6 Å². The highest BCUT2D eigenvalue weighted by Gasteiger charge is 1.95. The molecule has 0 saturated heterocycles. The van der Waals surface area contributed by atoms with Crippen molar-refractivity contribution < 1.29 is 19.8 Å². The van der Waals surface area contributed by atoms with E-state index in [1.54, 1.807) is 12.2 Å². The Labute approximate surface area is 82.6 Å². The summed E-state index contributed by atoms with van der Waals surface area (Å²) in [6.45, 7) is 0. The number of aliphatic hydroxyl groups excluding tert-OH is 1. The van der Waals surface area contributed by atoms with Crippen molar-refractivity contribution in [2.45, 2.75) is 25.4 Å². The largest absolute Gasteiger partial charge is 0.481 e. The fourth-order valence-electron chi connectivity index (χ4n) is 0.812. The minimum atomic E-state index is -0.837. The Bertz CT molecular complexity index is 230. The van der Waals surface area contributed by atoms with Crippen LogP contribution in [0.1, 0.15) is 19.3 Å². The normalized spacial score (nSPS) is 13.5. The van der Waals surface area contributed by atoms with Gasteiger partial charge in [-0.05, 0) is 18.9 Å². The van der Waals surface area contributed by atoms with Gasteiger partial charge < -0.3 is 10.2 Å². The van der Waals surface area contributed by atoms with Crippen LogP contribution in [-0.4, -0.2) is 28.6 Å². The first-order valence-electron chi connectivity index (χ1n) is 4.33. The molecule has 0 spiro atoms. The molecule has 14 heavy (non-hydrogen) atoms. The van der Waals surface area contributed by atoms with Gasteiger partial charge in [0.1, 0.15) is 6.29 Å². The van der Waals surface area contributed by atoms with Gasteiger partial charge in [0.2, 0.25) is 0 Å². The molecule has 78 valence electrons. The highest BCUT2D eigenvalue weighted by Crippen LogP contribution is 1.97. The zero-order valence-corrected chi connectivity index (χ0v) is 7.80. The van der Waals surface area contributed by atoms with Crippen molar-refractivity contribution in [3.8, 4) is 0 Å². The average molecular weight is 198 g/mol. The Balaban J connectivity index is 3.55. The zero-order valence-electron chi connectivity index (χ0n) is 7.80. The number of rotatable bonds is 7. The second-order valence-electron chi connectivity index (χ2n) is 2.73. The number of carboxylic acid groups (broad SMARTS) is 1. The van der Waals surface area contributed by atoms with E-state index in [0.29, 0.717) is 19.1 Å². The Hall–Kier alpha value is -1.42. The third-order valence-electron chi connectivity index (χ3n) is 1.48. The molecule has 0 radical (unpaired) electrons. The van der Waals surface area contributed by atoms with E-state index >= 15 is 0 Å². The molecular formula is C10H14O4. The van der Waals surface area contributed by atoms with Crippen LogP contribution >= 0.6 is 0 Å². The number of carboxylic acids is 1. The predicted octanol–water partition coefficient (Wildman–Crippen LogP) is 0.913. The van der Waals surface area contributed by atoms with Crippen LogP contribution in [0.5, 0.6) is 0 Å². The van der Waals surface area contributed by atoms with Gasteiger partial charge in [-0.15, -0.1) is 0 Å². The van der Waals surface area contributed by atoms with Crippen molar-refractivity contribution in [3.05, 3.63) is 24.3 Å². The number of hydrogen-bond donors (Lipinski definition) is 2. The molecule has 1 unspecified atom stereocenters. The van der Waals surface area contributed by atoms with Gasteiger partial charge in [-0.2, -0.15) is 0 Å². The van der Waals surface area contributed by atoms with Crippen LogP contribution in [0.25, 0.3) is 0 Å². The van der Waals surface area contributed by atoms with Gasteiger partial charge in [-0.3, -0.25) is 9.59 Å². The SMILES string of the molecule is O=C/C=C/C(O)C/C=C\CCC(=O)O. The van der Waals surface area contributed by atoms with E-state index in [1.807, 2.05) is 0 Å². The molecule has 4 nitrogen and oxygen atoms in total. The number of allylic oxidation sites excluding steroid dienone is 2. The van der Waals surface area contributed by atoms with Gasteiger partial charge in [0.05, 0.1) is 6.10 Å². The molecule has 0 aliphatic heterocycles. The molecular weight excluding hydrogens is 184 g/mol. The molecule has 0 aromatic heterocycles. The van der Waals surface area contributed by atoms with Crippen LogP contribution in [0.3, 0.4) is 0 Å². The van der Waals surface area contributed by atoms with Crippen LogP contribution in [0.2, 0.25) is 0 Å². The lowest BCUT2D eigenvalue weighted by atomic mass is 10.2. The molecule has 0 aromatic rings. The second-order valence-corrected chi connectivity index (χ2v) is 2.73. The summed E-state index contributed by atoms with van der Waals surface area (Å²) in [5, 5.41) is 17.5. The van der Waals surface area contributed by atoms with Gasteiger partial charge in [0.15, 0.2) is 0 Å². The molecule has 0 aliphatic carbocycles. The van der Waals surface area contributed by atoms with Gasteiger partial charge in [-0.25, -0.2) is 0 Å². The fourth-order valence-corrected chi connectivity index (χ4v) is 0.812. The second kappa shape index (κ2) is 8.19. The summed E-state index contributed by atoms with van der Waals surface area (Å²) in [6.07, 6.45) is 6.87. The molecule has 0 aliphatic rings. The minimum Gasteiger partial charge on any atom is -0.481 e. The summed E-state index contributed by atoms with van der Waals surface area (Å²) >= 11 is 0. The number of hydrogen-bond acceptors (Lipinski definition) is 3. The summed E-state index contributed by atoms with van der Waals surface area (Å²) in [4.78, 5) is 20.0. The summed E-state index contributed by atoms with van der Waals surface area (Å²) < 4.78 is 0. The maximum atomic E-state index is 10.1. The molecule has 0 rings (SSSR count). The first-order chi connectivity index (χ1) is 6.66. The summed E-state index contributed by atoms with van der Waals surface area (Å²) in [7, 11) is 0. The van der Waals surface area contributed by atoms with Crippen molar-refractivity contribution >= 4 is 12.3 Å². The number of aliphatic carboxylic acids is 1. The highest BCUT2D eigenvalue weighted by molar-refractivity contribution is 5.66. The van der Waals surface area contributed by atoms with Crippen LogP contribution < -0.4 is 0 Å². The maximum Gasteiger partial charge on any atom is 0.303 e. The van der Waals surface area contributed by atoms with Crippen LogP contribution in [0.15, 0.2) is 24.3 Å². The molecule has 0 bridgehead atoms. The van der Waals surface area contributed by atoms with Crippen molar-refractivity contribution in [2.75, 3.05) is 0 Å². The van der Waals surface area contributed by atoms with Crippen molar-refractivity contribution in [1.82, 2.24) is 0 Å². The number of carbonyl (C=O) groups is 2. The third kappa shape index (κ3) is 8.67. The van der Waals surface area contributed by atoms with E-state index in [2.05, 4.69) is 0 Å². The summed E-state index contributed by atoms with van der Waals surface area (Å²) in [5.74, 6) is -0.837. The van der Waals surface area contributed by atoms with Crippen LogP contribution in [0.4, 0.5) is 0 Å². The smallest absolute Gasteiger partial charge is 0.303 e. The standard InChI is InChI=1S/C10H14O4/c11-8-4-6-9(12)5-2-1-3-7-10(13)14/h1-2,4,6,8-9,12H,3,5,7H2,(H,13,14)/b2-1-,6-4+. The number of carbonyl (C=O) groups excluding carboxylic acids is 1. The van der Waals surface area contributed by atoms with E-state index in [1.165, 1.54) is 12.2 Å². The minimum absolute atomic E-state index is 0.0940. The van der Waals surface area contributed by atoms with E-state index in [9.17, 15) is 14.7 Å². The predicted molar refractivity (Wildman–Crippen MR) is 51.8 cm³/mol. The zero-order chi connectivity index (χ0) is 10.8. The quantitative estimate of drug-likeness (QED) is 0.362. The Morgan fingerprint density at radius 1 is 1.36 bits per heavy atom. The van der Waals surface area contributed by atoms with E-state index in [0.717, 1.165) is 0 Å². The monoisotopic (exact) mass is 198 g/mol. The molecule has 0 fully saturated rings. The Kier molecular flexibility index (Phi) is 7.36. The van der Waals surface area contributed by atoms with Crippen molar-refractivity contribution in [2.24, 2.45) is 0 Å². The summed E-state index contributed by atoms with van der Waals surface area (Å²) in [6, 6.07) is 0. The fraction of sp³-hybridized carbons (Fsp3) is 0.400. The average Bonchev–Trinajstić information content (AvgIpc) is 2.13. The highest BCUT2D eigenvalue weighted by atomic mass is 16.4. The molecule has 2 N–H and O–H groups in total. The first-order valence-corrected chi connectivity index (χ1v) is 4.33. The van der Waals surface area contributed by atoms with Crippen LogP contribution in [-0.2, 0) is 9.59 Å². The lowest BCUT2D eigenvalue weighted by Gasteiger charge is -1.98. The molecule has 0 aromatic carbocycles. The van der Waals surface area contributed by atoms with E-state index < -0.39 is 12.1 Å². The molecule has 1 atom stereocenters. The van der Waals surface area contributed by atoms with Gasteiger partial charge in [0, 0.05) is 6.42 Å². The van der Waals surface area contributed by atoms with E-state index in [-0.39, 0.29) is 6.42 Å². The van der Waals surface area contributed by atoms with Gasteiger partial charge in [0.25, 0.3) is 0 Å². The molecule has 0 amide bonds.